The highest BCUT2D eigenvalue weighted by Crippen LogP contribution is 2.36. The lowest BCUT2D eigenvalue weighted by Crippen LogP contribution is -2.10. The van der Waals surface area contributed by atoms with E-state index in [0.29, 0.717) is 17.1 Å². The number of ether oxygens (including phenoxy) is 1. The third-order valence-electron chi connectivity index (χ3n) is 2.53. The number of nitrogens with one attached hydrogen (secondary N) is 1. The molecule has 0 unspecified atom stereocenters. The molecule has 0 spiro atoms. The summed E-state index contributed by atoms with van der Waals surface area (Å²) in [6.45, 7) is 0. The van der Waals surface area contributed by atoms with Crippen LogP contribution in [0.3, 0.4) is 0 Å². The van der Waals surface area contributed by atoms with Gasteiger partial charge < -0.3 is 10.5 Å². The summed E-state index contributed by atoms with van der Waals surface area (Å²) in [5.41, 5.74) is 5.87. The average Bonchev–Trinajstić information content (AvgIpc) is 2.41. The van der Waals surface area contributed by atoms with Gasteiger partial charge in [-0.15, -0.1) is 0 Å². The SMILES string of the molecule is N=C(N)c1ccc(Oc2cccc([N+](=O)[O-])c2Br)cc1. The Labute approximate surface area is 123 Å². The van der Waals surface area contributed by atoms with Crippen molar-refractivity contribution in [3.05, 3.63) is 62.6 Å². The minimum Gasteiger partial charge on any atom is -0.456 e. The van der Waals surface area contributed by atoms with E-state index in [1.54, 1.807) is 36.4 Å². The predicted octanol–water partition coefficient (Wildman–Crippen LogP) is 3.43. The van der Waals surface area contributed by atoms with Gasteiger partial charge in [0.15, 0.2) is 0 Å². The molecule has 0 atom stereocenters. The zero-order valence-corrected chi connectivity index (χ0v) is 11.8. The Balaban J connectivity index is 2.28. The van der Waals surface area contributed by atoms with Gasteiger partial charge in [-0.1, -0.05) is 6.07 Å². The number of nitrogen functional groups attached to an aromatic ring is 1. The number of nitrogens with zero attached hydrogens (tertiary/aromatic N) is 1. The van der Waals surface area contributed by atoms with Crippen molar-refractivity contribution >= 4 is 27.5 Å². The van der Waals surface area contributed by atoms with Crippen molar-refractivity contribution in [3.8, 4) is 11.5 Å². The first-order valence-corrected chi connectivity index (χ1v) is 6.33. The second-order valence-corrected chi connectivity index (χ2v) is 4.68. The first kappa shape index (κ1) is 14.0. The van der Waals surface area contributed by atoms with Gasteiger partial charge in [0, 0.05) is 11.6 Å². The molecule has 20 heavy (non-hydrogen) atoms. The molecule has 102 valence electrons. The van der Waals surface area contributed by atoms with Crippen LogP contribution in [0.15, 0.2) is 46.9 Å². The summed E-state index contributed by atoms with van der Waals surface area (Å²) in [5.74, 6) is 0.805. The molecule has 0 aromatic heterocycles. The lowest BCUT2D eigenvalue weighted by atomic mass is 10.2. The second-order valence-electron chi connectivity index (χ2n) is 3.89. The van der Waals surface area contributed by atoms with E-state index < -0.39 is 4.92 Å². The molecule has 0 aliphatic rings. The topological polar surface area (TPSA) is 102 Å². The summed E-state index contributed by atoms with van der Waals surface area (Å²) >= 11 is 3.16. The number of benzene rings is 2. The molecule has 3 N–H and O–H groups in total. The van der Waals surface area contributed by atoms with Crippen LogP contribution in [0.2, 0.25) is 0 Å². The highest BCUT2D eigenvalue weighted by atomic mass is 79.9. The number of rotatable bonds is 4. The van der Waals surface area contributed by atoms with Crippen LogP contribution < -0.4 is 10.5 Å². The number of hydrogen-bond acceptors (Lipinski definition) is 4. The molecule has 0 bridgehead atoms. The van der Waals surface area contributed by atoms with Crippen LogP contribution >= 0.6 is 15.9 Å². The van der Waals surface area contributed by atoms with Crippen LogP contribution in [0.25, 0.3) is 0 Å². The van der Waals surface area contributed by atoms with Crippen molar-refractivity contribution in [1.29, 1.82) is 5.41 Å². The van der Waals surface area contributed by atoms with Crippen LogP contribution in [0.1, 0.15) is 5.56 Å². The van der Waals surface area contributed by atoms with Gasteiger partial charge in [-0.25, -0.2) is 0 Å². The van der Waals surface area contributed by atoms with Crippen LogP contribution in [-0.4, -0.2) is 10.8 Å². The van der Waals surface area contributed by atoms with Crippen molar-refractivity contribution in [1.82, 2.24) is 0 Å². The minimum atomic E-state index is -0.490. The fourth-order valence-corrected chi connectivity index (χ4v) is 2.04. The standard InChI is InChI=1S/C13H10BrN3O3/c14-12-10(17(18)19)2-1-3-11(12)20-9-6-4-8(5-7-9)13(15)16/h1-7H,(H3,15,16). The maximum Gasteiger partial charge on any atom is 0.287 e. The van der Waals surface area contributed by atoms with E-state index in [4.69, 9.17) is 15.9 Å². The zero-order chi connectivity index (χ0) is 14.7. The van der Waals surface area contributed by atoms with Gasteiger partial charge in [-0.05, 0) is 46.3 Å². The molecule has 0 heterocycles. The smallest absolute Gasteiger partial charge is 0.287 e. The summed E-state index contributed by atoms with van der Waals surface area (Å²) in [5, 5.41) is 18.1. The van der Waals surface area contributed by atoms with E-state index in [1.165, 1.54) is 6.07 Å². The molecule has 0 saturated carbocycles. The Kier molecular flexibility index (Phi) is 3.99. The fourth-order valence-electron chi connectivity index (χ4n) is 1.55. The lowest BCUT2D eigenvalue weighted by molar-refractivity contribution is -0.385. The van der Waals surface area contributed by atoms with Crippen LogP contribution in [0.5, 0.6) is 11.5 Å². The average molecular weight is 336 g/mol. The van der Waals surface area contributed by atoms with E-state index in [2.05, 4.69) is 15.9 Å². The number of nitrogens with two attached hydrogens (primary N) is 1. The number of nitro groups is 1. The zero-order valence-electron chi connectivity index (χ0n) is 10.2. The molecule has 7 heteroatoms. The molecule has 2 aromatic rings. The van der Waals surface area contributed by atoms with Gasteiger partial charge in [-0.3, -0.25) is 15.5 Å². The Morgan fingerprint density at radius 3 is 2.45 bits per heavy atom. The van der Waals surface area contributed by atoms with Gasteiger partial charge >= 0.3 is 0 Å². The second kappa shape index (κ2) is 5.70. The van der Waals surface area contributed by atoms with Gasteiger partial charge in [-0.2, -0.15) is 0 Å². The molecule has 2 aromatic carbocycles. The van der Waals surface area contributed by atoms with Crippen LogP contribution in [-0.2, 0) is 0 Å². The first-order valence-electron chi connectivity index (χ1n) is 5.54. The lowest BCUT2D eigenvalue weighted by Gasteiger charge is -2.08. The molecule has 2 rings (SSSR count). The number of amidine groups is 1. The predicted molar refractivity (Wildman–Crippen MR) is 78.3 cm³/mol. The Hall–Kier alpha value is -2.41. The molecule has 0 saturated heterocycles. The van der Waals surface area contributed by atoms with Gasteiger partial charge in [0.25, 0.3) is 5.69 Å². The third-order valence-corrected chi connectivity index (χ3v) is 3.33. The number of hydrogen-bond donors (Lipinski definition) is 2. The molecular weight excluding hydrogens is 326 g/mol. The molecule has 0 radical (unpaired) electrons. The van der Waals surface area contributed by atoms with Crippen molar-refractivity contribution in [2.45, 2.75) is 0 Å². The quantitative estimate of drug-likeness (QED) is 0.386. The number of halogens is 1. The van der Waals surface area contributed by atoms with Gasteiger partial charge in [0.1, 0.15) is 21.8 Å². The van der Waals surface area contributed by atoms with Gasteiger partial charge in [0.05, 0.1) is 4.92 Å². The summed E-state index contributed by atoms with van der Waals surface area (Å²) < 4.78 is 5.85. The van der Waals surface area contributed by atoms with Crippen molar-refractivity contribution < 1.29 is 9.66 Å². The maximum absolute atomic E-state index is 10.8. The Morgan fingerprint density at radius 2 is 1.90 bits per heavy atom. The van der Waals surface area contributed by atoms with E-state index >= 15 is 0 Å². The maximum atomic E-state index is 10.8. The first-order chi connectivity index (χ1) is 9.49. The molecule has 0 aliphatic heterocycles. The van der Waals surface area contributed by atoms with Crippen LogP contribution in [0.4, 0.5) is 5.69 Å². The monoisotopic (exact) mass is 335 g/mol. The van der Waals surface area contributed by atoms with E-state index in [1.807, 2.05) is 0 Å². The largest absolute Gasteiger partial charge is 0.456 e. The fraction of sp³-hybridized carbons (Fsp3) is 0. The number of nitro benzene ring substituents is 1. The van der Waals surface area contributed by atoms with Gasteiger partial charge in [0.2, 0.25) is 0 Å². The minimum absolute atomic E-state index is 0.0342. The third kappa shape index (κ3) is 2.94. The Morgan fingerprint density at radius 1 is 1.25 bits per heavy atom. The summed E-state index contributed by atoms with van der Waals surface area (Å²) in [6, 6.07) is 11.1. The van der Waals surface area contributed by atoms with Crippen molar-refractivity contribution in [3.63, 3.8) is 0 Å². The summed E-state index contributed by atoms with van der Waals surface area (Å²) in [4.78, 5) is 10.3. The van der Waals surface area contributed by atoms with Crippen molar-refractivity contribution in [2.24, 2.45) is 5.73 Å². The highest BCUT2D eigenvalue weighted by molar-refractivity contribution is 9.10. The van der Waals surface area contributed by atoms with Crippen molar-refractivity contribution in [2.75, 3.05) is 0 Å². The highest BCUT2D eigenvalue weighted by Gasteiger charge is 2.16. The van der Waals surface area contributed by atoms with E-state index in [9.17, 15) is 10.1 Å². The molecule has 0 aliphatic carbocycles. The van der Waals surface area contributed by atoms with E-state index in [-0.39, 0.29) is 16.0 Å². The van der Waals surface area contributed by atoms with Crippen LogP contribution in [0, 0.1) is 15.5 Å². The molecular formula is C13H10BrN3O3. The Bertz CT molecular complexity index is 671. The molecule has 6 nitrogen and oxygen atoms in total. The summed E-state index contributed by atoms with van der Waals surface area (Å²) in [6.07, 6.45) is 0. The normalized spacial score (nSPS) is 10.1. The summed E-state index contributed by atoms with van der Waals surface area (Å²) in [7, 11) is 0. The molecule has 0 amide bonds. The van der Waals surface area contributed by atoms with E-state index in [0.717, 1.165) is 0 Å². The molecule has 0 fully saturated rings.